The number of carbonyl (C=O) groups excluding carboxylic acids is 1. The second-order valence-corrected chi connectivity index (χ2v) is 7.28. The highest BCUT2D eigenvalue weighted by atomic mass is 16.2. The van der Waals surface area contributed by atoms with Crippen LogP contribution in [0, 0.1) is 0 Å². The molecule has 1 saturated heterocycles. The molecule has 4 rings (SSSR count). The number of hydrogen-bond acceptors (Lipinski definition) is 6. The van der Waals surface area contributed by atoms with Crippen molar-refractivity contribution in [2.75, 3.05) is 37.0 Å². The zero-order valence-corrected chi connectivity index (χ0v) is 15.3. The van der Waals surface area contributed by atoms with Gasteiger partial charge in [0.05, 0.1) is 11.8 Å². The number of piperidine rings is 1. The molecular weight excluding hydrogens is 330 g/mol. The Morgan fingerprint density at radius 2 is 1.81 bits per heavy atom. The Morgan fingerprint density at radius 3 is 2.42 bits per heavy atom. The SMILES string of the molecule is CN(C)c1cc(N(C2CC2)C2CCN(C(=O)c3cn[nH]c3)CC2)ncn1. The highest BCUT2D eigenvalue weighted by Gasteiger charge is 2.37. The van der Waals surface area contributed by atoms with E-state index in [-0.39, 0.29) is 5.91 Å². The molecule has 0 radical (unpaired) electrons. The lowest BCUT2D eigenvalue weighted by atomic mass is 10.0. The predicted molar refractivity (Wildman–Crippen MR) is 99.4 cm³/mol. The molecule has 1 N–H and O–H groups in total. The summed E-state index contributed by atoms with van der Waals surface area (Å²) >= 11 is 0. The number of rotatable bonds is 5. The fourth-order valence-corrected chi connectivity index (χ4v) is 3.65. The fourth-order valence-electron chi connectivity index (χ4n) is 3.65. The molecule has 8 heteroatoms. The Bertz CT molecular complexity index is 749. The maximum Gasteiger partial charge on any atom is 0.257 e. The predicted octanol–water partition coefficient (Wildman–Crippen LogP) is 1.54. The van der Waals surface area contributed by atoms with Crippen molar-refractivity contribution in [2.45, 2.75) is 37.8 Å². The van der Waals surface area contributed by atoms with E-state index in [2.05, 4.69) is 31.1 Å². The molecule has 0 unspecified atom stereocenters. The molecule has 138 valence electrons. The third-order valence-electron chi connectivity index (χ3n) is 5.19. The van der Waals surface area contributed by atoms with E-state index in [0.29, 0.717) is 17.6 Å². The van der Waals surface area contributed by atoms with Gasteiger partial charge in [-0.05, 0) is 25.7 Å². The standard InChI is InChI=1S/C18H25N7O/c1-23(2)16-9-17(20-12-19-16)25(14-3-4-14)15-5-7-24(8-6-15)18(26)13-10-21-22-11-13/h9-12,14-15H,3-8H2,1-2H3,(H,21,22). The molecule has 2 aromatic heterocycles. The van der Waals surface area contributed by atoms with E-state index in [1.54, 1.807) is 18.7 Å². The highest BCUT2D eigenvalue weighted by Crippen LogP contribution is 2.36. The molecule has 2 fully saturated rings. The van der Waals surface area contributed by atoms with Crippen molar-refractivity contribution in [3.8, 4) is 0 Å². The third-order valence-corrected chi connectivity index (χ3v) is 5.19. The Labute approximate surface area is 153 Å². The molecule has 1 amide bonds. The molecule has 1 saturated carbocycles. The van der Waals surface area contributed by atoms with Crippen LogP contribution in [0.25, 0.3) is 0 Å². The number of aromatic nitrogens is 4. The summed E-state index contributed by atoms with van der Waals surface area (Å²) in [5, 5.41) is 6.59. The van der Waals surface area contributed by atoms with Gasteiger partial charge in [-0.2, -0.15) is 5.10 Å². The quantitative estimate of drug-likeness (QED) is 0.876. The smallest absolute Gasteiger partial charge is 0.257 e. The van der Waals surface area contributed by atoms with Crippen LogP contribution in [0.1, 0.15) is 36.0 Å². The van der Waals surface area contributed by atoms with Gasteiger partial charge in [0.1, 0.15) is 18.0 Å². The van der Waals surface area contributed by atoms with E-state index in [1.165, 1.54) is 12.8 Å². The maximum atomic E-state index is 12.5. The van der Waals surface area contributed by atoms with E-state index in [1.807, 2.05) is 23.9 Å². The van der Waals surface area contributed by atoms with Gasteiger partial charge < -0.3 is 14.7 Å². The molecule has 0 aromatic carbocycles. The molecule has 2 aliphatic rings. The minimum absolute atomic E-state index is 0.0621. The van der Waals surface area contributed by atoms with Crippen molar-refractivity contribution in [3.05, 3.63) is 30.4 Å². The average molecular weight is 355 g/mol. The van der Waals surface area contributed by atoms with Crippen LogP contribution in [0.4, 0.5) is 11.6 Å². The van der Waals surface area contributed by atoms with Gasteiger partial charge in [-0.15, -0.1) is 0 Å². The Kier molecular flexibility index (Phi) is 4.48. The summed E-state index contributed by atoms with van der Waals surface area (Å²) in [6, 6.07) is 3.06. The molecule has 1 aliphatic carbocycles. The van der Waals surface area contributed by atoms with Crippen LogP contribution in [0.15, 0.2) is 24.8 Å². The van der Waals surface area contributed by atoms with Crippen molar-refractivity contribution in [2.24, 2.45) is 0 Å². The summed E-state index contributed by atoms with van der Waals surface area (Å²) in [6.07, 6.45) is 9.26. The van der Waals surface area contributed by atoms with Gasteiger partial charge in [-0.25, -0.2) is 9.97 Å². The molecule has 0 bridgehead atoms. The number of likely N-dealkylation sites (tertiary alicyclic amines) is 1. The Hall–Kier alpha value is -2.64. The van der Waals surface area contributed by atoms with Gasteiger partial charge >= 0.3 is 0 Å². The monoisotopic (exact) mass is 355 g/mol. The molecule has 2 aromatic rings. The second-order valence-electron chi connectivity index (χ2n) is 7.28. The summed E-state index contributed by atoms with van der Waals surface area (Å²) in [6.45, 7) is 1.53. The number of carbonyl (C=O) groups is 1. The maximum absolute atomic E-state index is 12.5. The molecule has 8 nitrogen and oxygen atoms in total. The lowest BCUT2D eigenvalue weighted by Crippen LogP contribution is -2.48. The van der Waals surface area contributed by atoms with Crippen LogP contribution < -0.4 is 9.80 Å². The number of nitrogens with one attached hydrogen (secondary N) is 1. The fraction of sp³-hybridized carbons (Fsp3) is 0.556. The first kappa shape index (κ1) is 16.8. The van der Waals surface area contributed by atoms with E-state index in [4.69, 9.17) is 0 Å². The lowest BCUT2D eigenvalue weighted by molar-refractivity contribution is 0.0712. The first-order valence-electron chi connectivity index (χ1n) is 9.19. The van der Waals surface area contributed by atoms with E-state index in [0.717, 1.165) is 37.6 Å². The lowest BCUT2D eigenvalue weighted by Gasteiger charge is -2.39. The molecule has 26 heavy (non-hydrogen) atoms. The summed E-state index contributed by atoms with van der Waals surface area (Å²) < 4.78 is 0. The van der Waals surface area contributed by atoms with Gasteiger partial charge in [0.15, 0.2) is 0 Å². The number of hydrogen-bond donors (Lipinski definition) is 1. The van der Waals surface area contributed by atoms with Gasteiger partial charge in [-0.1, -0.05) is 0 Å². The normalized spacial score (nSPS) is 18.0. The Balaban J connectivity index is 1.46. The summed E-state index contributed by atoms with van der Waals surface area (Å²) in [5.41, 5.74) is 0.633. The van der Waals surface area contributed by atoms with Crippen LogP contribution in [-0.2, 0) is 0 Å². The van der Waals surface area contributed by atoms with Crippen LogP contribution in [0.3, 0.4) is 0 Å². The molecular formula is C18H25N7O. The minimum Gasteiger partial charge on any atom is -0.363 e. The highest BCUT2D eigenvalue weighted by molar-refractivity contribution is 5.93. The van der Waals surface area contributed by atoms with Crippen LogP contribution >= 0.6 is 0 Å². The number of aromatic amines is 1. The number of H-pyrrole nitrogens is 1. The first-order valence-corrected chi connectivity index (χ1v) is 9.19. The van der Waals surface area contributed by atoms with Crippen molar-refractivity contribution >= 4 is 17.5 Å². The Morgan fingerprint density at radius 1 is 1.12 bits per heavy atom. The third kappa shape index (κ3) is 3.36. The van der Waals surface area contributed by atoms with Crippen LogP contribution in [-0.4, -0.2) is 70.2 Å². The second kappa shape index (κ2) is 6.93. The van der Waals surface area contributed by atoms with E-state index in [9.17, 15) is 4.79 Å². The van der Waals surface area contributed by atoms with Crippen molar-refractivity contribution in [1.82, 2.24) is 25.1 Å². The first-order chi connectivity index (χ1) is 12.6. The summed E-state index contributed by atoms with van der Waals surface area (Å²) in [4.78, 5) is 27.8. The van der Waals surface area contributed by atoms with E-state index >= 15 is 0 Å². The van der Waals surface area contributed by atoms with Gasteiger partial charge in [0.25, 0.3) is 5.91 Å². The van der Waals surface area contributed by atoms with Crippen molar-refractivity contribution in [1.29, 1.82) is 0 Å². The zero-order valence-electron chi connectivity index (χ0n) is 15.3. The largest absolute Gasteiger partial charge is 0.363 e. The zero-order chi connectivity index (χ0) is 18.1. The van der Waals surface area contributed by atoms with Crippen molar-refractivity contribution in [3.63, 3.8) is 0 Å². The molecule has 0 atom stereocenters. The van der Waals surface area contributed by atoms with Gasteiger partial charge in [-0.3, -0.25) is 9.89 Å². The van der Waals surface area contributed by atoms with Gasteiger partial charge in [0.2, 0.25) is 0 Å². The number of anilines is 2. The molecule has 3 heterocycles. The number of nitrogens with zero attached hydrogens (tertiary/aromatic N) is 6. The minimum atomic E-state index is 0.0621. The van der Waals surface area contributed by atoms with Crippen molar-refractivity contribution < 1.29 is 4.79 Å². The van der Waals surface area contributed by atoms with Crippen LogP contribution in [0.5, 0.6) is 0 Å². The summed E-state index contributed by atoms with van der Waals surface area (Å²) in [5.74, 6) is 1.99. The number of amides is 1. The summed E-state index contributed by atoms with van der Waals surface area (Å²) in [7, 11) is 3.99. The topological polar surface area (TPSA) is 81.2 Å². The van der Waals surface area contributed by atoms with Gasteiger partial charge in [0, 0.05) is 51.5 Å². The van der Waals surface area contributed by atoms with E-state index < -0.39 is 0 Å². The van der Waals surface area contributed by atoms with Crippen LogP contribution in [0.2, 0.25) is 0 Å². The molecule has 0 spiro atoms. The molecule has 1 aliphatic heterocycles. The average Bonchev–Trinajstić information content (AvgIpc) is 3.33.